The summed E-state index contributed by atoms with van der Waals surface area (Å²) in [4.78, 5) is 10.1. The maximum Gasteiger partial charge on any atom is 0.252 e. The first kappa shape index (κ1) is 52.9. The highest BCUT2D eigenvalue weighted by atomic mass is 15.2. The zero-order valence-electron chi connectivity index (χ0n) is 48.9. The van der Waals surface area contributed by atoms with Crippen molar-refractivity contribution in [1.29, 1.82) is 0 Å². The molecule has 0 fully saturated rings. The van der Waals surface area contributed by atoms with E-state index in [1.165, 1.54) is 16.4 Å². The van der Waals surface area contributed by atoms with Crippen molar-refractivity contribution >= 4 is 91.3 Å². The molecule has 0 aliphatic carbocycles. The molecule has 0 amide bonds. The minimum Gasteiger partial charge on any atom is -0.310 e. The maximum atomic E-state index is 2.64. The molecule has 2 aliphatic heterocycles. The predicted octanol–water partition coefficient (Wildman–Crippen LogP) is 21.0. The van der Waals surface area contributed by atoms with Gasteiger partial charge in [0.25, 0.3) is 6.71 Å². The Balaban J connectivity index is 1.08. The summed E-state index contributed by atoms with van der Waals surface area (Å²) in [5.74, 6) is 0. The van der Waals surface area contributed by atoms with Gasteiger partial charge in [-0.05, 0) is 135 Å². The molecule has 0 atom stereocenters. The van der Waals surface area contributed by atoms with E-state index >= 15 is 0 Å². The van der Waals surface area contributed by atoms with Crippen LogP contribution in [-0.2, 0) is 0 Å². The summed E-state index contributed by atoms with van der Waals surface area (Å²) >= 11 is 0. The highest BCUT2D eigenvalue weighted by Gasteiger charge is 2.46. The summed E-state index contributed by atoms with van der Waals surface area (Å²) in [5, 5.41) is 0. The molecule has 2 heterocycles. The average Bonchev–Trinajstić information content (AvgIpc) is 0.706. The summed E-state index contributed by atoms with van der Waals surface area (Å²) in [7, 11) is 0. The monoisotopic (exact) mass is 1130 g/mol. The first-order chi connectivity index (χ1) is 44.2. The van der Waals surface area contributed by atoms with Crippen molar-refractivity contribution in [2.75, 3.05) is 19.6 Å². The van der Waals surface area contributed by atoms with Crippen molar-refractivity contribution in [3.63, 3.8) is 0 Å². The lowest BCUT2D eigenvalue weighted by Gasteiger charge is -2.46. The van der Waals surface area contributed by atoms with Crippen molar-refractivity contribution < 1.29 is 0 Å². The molecular weight excluding hydrogens is 1080 g/mol. The fourth-order valence-electron chi connectivity index (χ4n) is 13.7. The van der Waals surface area contributed by atoms with E-state index in [1.807, 2.05) is 0 Å². The standard InChI is InChI=1S/C84H59BN4/c1-10-30-60(31-11-1)65-56-80-82-81(57-65)89(84-74(63-36-16-4-17-37-63)50-29-51-75(84)64-38-18-5-19-39-64)79-59-71(87(68-44-24-8-25-45-68)69-46-26-9-27-47-69)53-55-77(79)85(82)76-54-52-70(86(66-40-20-6-21-41-66)67-42-22-7-23-43-67)58-78(76)88(80)83-72(61-32-12-2-13-33-61)48-28-49-73(83)62-34-14-3-15-35-62/h1-59H. The van der Waals surface area contributed by atoms with Crippen molar-refractivity contribution in [2.45, 2.75) is 0 Å². The Labute approximate surface area is 521 Å². The van der Waals surface area contributed by atoms with Gasteiger partial charge in [-0.2, -0.15) is 0 Å². The smallest absolute Gasteiger partial charge is 0.252 e. The number of hydrogen-bond acceptors (Lipinski definition) is 4. The molecule has 0 radical (unpaired) electrons. The lowest BCUT2D eigenvalue weighted by Crippen LogP contribution is -2.61. The minimum atomic E-state index is -0.234. The summed E-state index contributed by atoms with van der Waals surface area (Å²) in [5.41, 5.74) is 27.9. The van der Waals surface area contributed by atoms with Crippen LogP contribution in [0.2, 0.25) is 0 Å². The Morgan fingerprint density at radius 3 is 0.764 bits per heavy atom. The van der Waals surface area contributed by atoms with Gasteiger partial charge < -0.3 is 19.6 Å². The second kappa shape index (κ2) is 23.0. The topological polar surface area (TPSA) is 13.0 Å². The largest absolute Gasteiger partial charge is 0.310 e. The molecule has 4 nitrogen and oxygen atoms in total. The molecule has 0 spiro atoms. The van der Waals surface area contributed by atoms with Crippen LogP contribution in [0.1, 0.15) is 0 Å². The zero-order valence-corrected chi connectivity index (χ0v) is 48.9. The number of benzene rings is 14. The summed E-state index contributed by atoms with van der Waals surface area (Å²) in [6, 6.07) is 131. The Morgan fingerprint density at radius 1 is 0.202 bits per heavy atom. The van der Waals surface area contributed by atoms with Crippen LogP contribution in [0.5, 0.6) is 0 Å². The molecule has 14 aromatic carbocycles. The van der Waals surface area contributed by atoms with Gasteiger partial charge in [0.05, 0.1) is 11.4 Å². The molecule has 0 unspecified atom stereocenters. The van der Waals surface area contributed by atoms with Crippen LogP contribution in [-0.4, -0.2) is 6.71 Å². The first-order valence-electron chi connectivity index (χ1n) is 30.6. The van der Waals surface area contributed by atoms with E-state index in [1.54, 1.807) is 0 Å². The quantitative estimate of drug-likeness (QED) is 0.107. The Morgan fingerprint density at radius 2 is 0.472 bits per heavy atom. The maximum absolute atomic E-state index is 2.64. The van der Waals surface area contributed by atoms with Gasteiger partial charge in [-0.3, -0.25) is 0 Å². The van der Waals surface area contributed by atoms with Crippen LogP contribution in [0.25, 0.3) is 55.6 Å². The fraction of sp³-hybridized carbons (Fsp3) is 0. The summed E-state index contributed by atoms with van der Waals surface area (Å²) in [6.45, 7) is -0.234. The first-order valence-corrected chi connectivity index (χ1v) is 30.6. The van der Waals surface area contributed by atoms with Crippen LogP contribution >= 0.6 is 0 Å². The van der Waals surface area contributed by atoms with Gasteiger partial charge in [0.1, 0.15) is 0 Å². The van der Waals surface area contributed by atoms with Gasteiger partial charge in [-0.15, -0.1) is 0 Å². The lowest BCUT2D eigenvalue weighted by molar-refractivity contribution is 1.23. The van der Waals surface area contributed by atoms with E-state index in [2.05, 4.69) is 378 Å². The van der Waals surface area contributed by atoms with Crippen molar-refractivity contribution in [1.82, 2.24) is 0 Å². The summed E-state index contributed by atoms with van der Waals surface area (Å²) in [6.07, 6.45) is 0. The van der Waals surface area contributed by atoms with Crippen LogP contribution in [0.4, 0.5) is 68.2 Å². The van der Waals surface area contributed by atoms with E-state index < -0.39 is 0 Å². The van der Waals surface area contributed by atoms with Crippen LogP contribution < -0.4 is 36.0 Å². The van der Waals surface area contributed by atoms with Gasteiger partial charge in [0.2, 0.25) is 0 Å². The number of anilines is 12. The second-order valence-corrected chi connectivity index (χ2v) is 22.8. The lowest BCUT2D eigenvalue weighted by atomic mass is 9.33. The van der Waals surface area contributed by atoms with Gasteiger partial charge in [-0.1, -0.05) is 273 Å². The van der Waals surface area contributed by atoms with Crippen LogP contribution in [0.3, 0.4) is 0 Å². The molecule has 0 aromatic heterocycles. The normalized spacial score (nSPS) is 12.0. The van der Waals surface area contributed by atoms with Crippen molar-refractivity contribution in [3.05, 3.63) is 358 Å². The van der Waals surface area contributed by atoms with Gasteiger partial charge >= 0.3 is 0 Å². The molecular formula is C84H59BN4. The zero-order chi connectivity index (χ0) is 59.0. The van der Waals surface area contributed by atoms with E-state index in [9.17, 15) is 0 Å². The highest BCUT2D eigenvalue weighted by molar-refractivity contribution is 7.00. The molecule has 0 bridgehead atoms. The SMILES string of the molecule is c1ccc(-c2cc3c4c(c2)N(c2c(-c5ccccc5)cccc2-c2ccccc2)c2cc(N(c5ccccc5)c5ccccc5)ccc2B4c2ccc(N(c4ccccc4)c4ccccc4)cc2N3c2c(-c3ccccc3)cccc2-c2ccccc2)cc1. The second-order valence-electron chi connectivity index (χ2n) is 22.8. The molecule has 418 valence electrons. The average molecular weight is 1140 g/mol. The number of rotatable bonds is 13. The Hall–Kier alpha value is -11.7. The number of nitrogens with zero attached hydrogens (tertiary/aromatic N) is 4. The third-order valence-electron chi connectivity index (χ3n) is 17.6. The van der Waals surface area contributed by atoms with Crippen molar-refractivity contribution in [2.24, 2.45) is 0 Å². The Kier molecular flexibility index (Phi) is 13.6. The molecule has 14 aromatic rings. The summed E-state index contributed by atoms with van der Waals surface area (Å²) < 4.78 is 0. The molecule has 0 saturated carbocycles. The molecule has 89 heavy (non-hydrogen) atoms. The molecule has 0 saturated heterocycles. The highest BCUT2D eigenvalue weighted by Crippen LogP contribution is 2.55. The minimum absolute atomic E-state index is 0.234. The Bertz CT molecular complexity index is 4340. The molecule has 5 heteroatoms. The molecule has 0 N–H and O–H groups in total. The van der Waals surface area contributed by atoms with E-state index in [-0.39, 0.29) is 6.71 Å². The van der Waals surface area contributed by atoms with Crippen LogP contribution in [0.15, 0.2) is 358 Å². The molecule has 2 aliphatic rings. The number of hydrogen-bond donors (Lipinski definition) is 0. The van der Waals surface area contributed by atoms with E-state index in [0.717, 1.165) is 124 Å². The van der Waals surface area contributed by atoms with Gasteiger partial charge in [0, 0.05) is 79.1 Å². The van der Waals surface area contributed by atoms with E-state index in [0.29, 0.717) is 0 Å². The third-order valence-corrected chi connectivity index (χ3v) is 17.6. The van der Waals surface area contributed by atoms with Crippen molar-refractivity contribution in [3.8, 4) is 55.6 Å². The predicted molar refractivity (Wildman–Crippen MR) is 377 cm³/mol. The van der Waals surface area contributed by atoms with Gasteiger partial charge in [-0.25, -0.2) is 0 Å². The third kappa shape index (κ3) is 9.54. The van der Waals surface area contributed by atoms with Crippen LogP contribution in [0, 0.1) is 0 Å². The number of para-hydroxylation sites is 6. The van der Waals surface area contributed by atoms with E-state index in [4.69, 9.17) is 0 Å². The van der Waals surface area contributed by atoms with Gasteiger partial charge in [0.15, 0.2) is 0 Å². The number of fused-ring (bicyclic) bond motifs is 4. The molecule has 16 rings (SSSR count). The fourth-order valence-corrected chi connectivity index (χ4v) is 13.7.